The highest BCUT2D eigenvalue weighted by molar-refractivity contribution is 6.92. The molecule has 0 amide bonds. The van der Waals surface area contributed by atoms with Crippen LogP contribution in [0.5, 0.6) is 0 Å². The number of hydrogen-bond acceptors (Lipinski definition) is 3. The largest absolute Gasteiger partial charge is 0.631 e. The highest BCUT2D eigenvalue weighted by atomic mass is 31.0. The predicted octanol–water partition coefficient (Wildman–Crippen LogP) is -0.891. The van der Waals surface area contributed by atoms with Crippen LogP contribution in [0.15, 0.2) is 0 Å². The second-order valence-electron chi connectivity index (χ2n) is 2.08. The molecule has 3 nitrogen and oxygen atoms in total. The van der Waals surface area contributed by atoms with Crippen LogP contribution in [0.1, 0.15) is 0 Å². The molecule has 0 fully saturated rings. The van der Waals surface area contributed by atoms with E-state index in [9.17, 15) is 0 Å². The van der Waals surface area contributed by atoms with Crippen molar-refractivity contribution >= 4 is 26.0 Å². The Bertz CT molecular complexity index is 34.5. The van der Waals surface area contributed by atoms with Crippen molar-refractivity contribution in [2.24, 2.45) is 0 Å². The summed E-state index contributed by atoms with van der Waals surface area (Å²) < 4.78 is 0. The van der Waals surface area contributed by atoms with Crippen LogP contribution >= 0.6 is 9.90 Å². The van der Waals surface area contributed by atoms with Crippen molar-refractivity contribution in [3.05, 3.63) is 0 Å². The molecule has 0 aliphatic carbocycles. The average Bonchev–Trinajstić information content (AvgIpc) is 1.25. The lowest BCUT2D eigenvalue weighted by atomic mass is 10.3. The zero-order chi connectivity index (χ0) is 7.15. The van der Waals surface area contributed by atoms with Crippen molar-refractivity contribution in [2.45, 2.75) is 19.6 Å². The van der Waals surface area contributed by atoms with Gasteiger partial charge in [0.2, 0.25) is 0 Å². The Balaban J connectivity index is -0.0000000720. The molecule has 0 bridgehead atoms. The van der Waals surface area contributed by atoms with E-state index in [2.05, 4.69) is 19.6 Å². The van der Waals surface area contributed by atoms with E-state index in [1.807, 2.05) is 0 Å². The highest BCUT2D eigenvalue weighted by Gasteiger charge is 1.92. The van der Waals surface area contributed by atoms with E-state index >= 15 is 0 Å². The van der Waals surface area contributed by atoms with Gasteiger partial charge in [0.25, 0.3) is 0 Å². The van der Waals surface area contributed by atoms with Crippen molar-refractivity contribution in [3.8, 4) is 0 Å². The molecule has 0 aliphatic rings. The lowest BCUT2D eigenvalue weighted by Gasteiger charge is -1.75. The van der Waals surface area contributed by atoms with Crippen molar-refractivity contribution < 1.29 is 15.1 Å². The van der Waals surface area contributed by atoms with Gasteiger partial charge in [-0.25, -0.2) is 0 Å². The average molecular weight is 170 g/mol. The molecule has 58 valence electrons. The van der Waals surface area contributed by atoms with Gasteiger partial charge in [0.05, 0.1) is 0 Å². The predicted molar refractivity (Wildman–Crippen MR) is 48.3 cm³/mol. The van der Waals surface area contributed by atoms with Gasteiger partial charge in [-0.3, -0.25) is 0 Å². The summed E-state index contributed by atoms with van der Waals surface area (Å²) in [4.78, 5) is 0. The third-order valence-corrected chi connectivity index (χ3v) is 0. The summed E-state index contributed by atoms with van der Waals surface area (Å²) in [6, 6.07) is 0. The zero-order valence-electron chi connectivity index (χ0n) is 6.20. The topological polar surface area (TPSA) is 60.7 Å². The minimum absolute atomic E-state index is 0. The standard InChI is InChI=1S/C3H10Si.BH3O3.H3P/c1-4(2)3;2-1(3)4;/h4H,1-3H3;2-4H;1H3. The summed E-state index contributed by atoms with van der Waals surface area (Å²) in [5.41, 5.74) is 0. The molecule has 3 N–H and O–H groups in total. The quantitative estimate of drug-likeness (QED) is 0.326. The molecule has 0 saturated carbocycles. The zero-order valence-corrected chi connectivity index (χ0v) is 8.77. The first-order valence-corrected chi connectivity index (χ1v) is 5.97. The van der Waals surface area contributed by atoms with Crippen LogP contribution < -0.4 is 0 Å². The number of hydrogen-bond donors (Lipinski definition) is 3. The van der Waals surface area contributed by atoms with Crippen molar-refractivity contribution in [1.82, 2.24) is 0 Å². The first-order valence-electron chi connectivity index (χ1n) is 2.51. The van der Waals surface area contributed by atoms with Gasteiger partial charge >= 0.3 is 7.32 Å². The number of rotatable bonds is 0. The van der Waals surface area contributed by atoms with Crippen LogP contribution in [0.2, 0.25) is 19.6 Å². The molecule has 0 radical (unpaired) electrons. The molecule has 0 aromatic rings. The molecule has 0 heterocycles. The Kier molecular flexibility index (Phi) is 20.6. The molecule has 9 heavy (non-hydrogen) atoms. The Morgan fingerprint density at radius 3 is 1.00 bits per heavy atom. The second kappa shape index (κ2) is 11.4. The highest BCUT2D eigenvalue weighted by Crippen LogP contribution is 1.68. The molecule has 0 aromatic heterocycles. The summed E-state index contributed by atoms with van der Waals surface area (Å²) in [5, 5.41) is 21.5. The lowest BCUT2D eigenvalue weighted by molar-refractivity contribution is 0.278. The molecular formula is C3H16BO3PSi. The smallest absolute Gasteiger partial charge is 0.402 e. The molecule has 0 saturated heterocycles. The van der Waals surface area contributed by atoms with Gasteiger partial charge < -0.3 is 15.1 Å². The molecule has 1 unspecified atom stereocenters. The van der Waals surface area contributed by atoms with Gasteiger partial charge in [-0.05, 0) is 0 Å². The Labute approximate surface area is 61.5 Å². The lowest BCUT2D eigenvalue weighted by Crippen LogP contribution is -2.07. The maximum Gasteiger partial charge on any atom is 0.631 e. The monoisotopic (exact) mass is 170 g/mol. The summed E-state index contributed by atoms with van der Waals surface area (Å²) in [6.45, 7) is 6.92. The summed E-state index contributed by atoms with van der Waals surface area (Å²) >= 11 is 0. The second-order valence-corrected chi connectivity index (χ2v) is 5.54. The van der Waals surface area contributed by atoms with Gasteiger partial charge in [-0.2, -0.15) is 9.90 Å². The van der Waals surface area contributed by atoms with E-state index in [0.29, 0.717) is 0 Å². The Morgan fingerprint density at radius 2 is 1.00 bits per heavy atom. The third-order valence-electron chi connectivity index (χ3n) is 0. The fourth-order valence-corrected chi connectivity index (χ4v) is 0. The van der Waals surface area contributed by atoms with Crippen molar-refractivity contribution in [2.75, 3.05) is 0 Å². The van der Waals surface area contributed by atoms with Crippen LogP contribution in [-0.2, 0) is 0 Å². The maximum atomic E-state index is 7.17. The van der Waals surface area contributed by atoms with E-state index in [-0.39, 0.29) is 18.7 Å². The van der Waals surface area contributed by atoms with Crippen molar-refractivity contribution in [1.29, 1.82) is 0 Å². The maximum absolute atomic E-state index is 7.17. The molecular weight excluding hydrogens is 154 g/mol. The summed E-state index contributed by atoms with van der Waals surface area (Å²) in [6.07, 6.45) is 0. The van der Waals surface area contributed by atoms with Crippen LogP contribution in [0.4, 0.5) is 0 Å². The minimum Gasteiger partial charge on any atom is -0.402 e. The molecule has 0 rings (SSSR count). The summed E-state index contributed by atoms with van der Waals surface area (Å²) in [5.74, 6) is 0. The minimum atomic E-state index is -2.17. The van der Waals surface area contributed by atoms with E-state index in [4.69, 9.17) is 15.1 Å². The van der Waals surface area contributed by atoms with Gasteiger partial charge in [0, 0.05) is 8.80 Å². The van der Waals surface area contributed by atoms with E-state index in [1.54, 1.807) is 0 Å². The summed E-state index contributed by atoms with van der Waals surface area (Å²) in [7, 11) is -2.31. The van der Waals surface area contributed by atoms with E-state index in [1.165, 1.54) is 0 Å². The molecule has 0 aromatic carbocycles. The van der Waals surface area contributed by atoms with E-state index in [0.717, 1.165) is 0 Å². The van der Waals surface area contributed by atoms with E-state index < -0.39 is 7.32 Å². The SMILES string of the molecule is C[SiH](C)C.OB(O)O.P. The van der Waals surface area contributed by atoms with Gasteiger partial charge in [0.15, 0.2) is 0 Å². The van der Waals surface area contributed by atoms with Crippen molar-refractivity contribution in [3.63, 3.8) is 0 Å². The first kappa shape index (κ1) is 16.3. The molecule has 6 heteroatoms. The van der Waals surface area contributed by atoms with Gasteiger partial charge in [0.1, 0.15) is 0 Å². The first-order chi connectivity index (χ1) is 3.46. The fraction of sp³-hybridized carbons (Fsp3) is 1.00. The normalized spacial score (nSPS) is 7.00. The molecule has 1 atom stereocenters. The Morgan fingerprint density at radius 1 is 1.00 bits per heavy atom. The van der Waals surface area contributed by atoms with Crippen LogP contribution in [0, 0.1) is 0 Å². The van der Waals surface area contributed by atoms with Crippen LogP contribution in [0.3, 0.4) is 0 Å². The molecule has 0 aliphatic heterocycles. The Hall–Kier alpha value is 0.592. The molecule has 0 spiro atoms. The van der Waals surface area contributed by atoms with Gasteiger partial charge in [-0.15, -0.1) is 0 Å². The third kappa shape index (κ3) is 1070. The fourth-order valence-electron chi connectivity index (χ4n) is 0. The van der Waals surface area contributed by atoms with Gasteiger partial charge in [-0.1, -0.05) is 19.6 Å². The van der Waals surface area contributed by atoms with Crippen LogP contribution in [0.25, 0.3) is 0 Å². The van der Waals surface area contributed by atoms with Crippen LogP contribution in [-0.4, -0.2) is 31.2 Å².